The van der Waals surface area contributed by atoms with Crippen LogP contribution in [0.5, 0.6) is 11.5 Å². The highest BCUT2D eigenvalue weighted by atomic mass is 16.5. The second-order valence-corrected chi connectivity index (χ2v) is 3.36. The lowest BCUT2D eigenvalue weighted by Crippen LogP contribution is -2.03. The predicted octanol–water partition coefficient (Wildman–Crippen LogP) is 0.867. The molecule has 0 saturated heterocycles. The Labute approximate surface area is 92.5 Å². The monoisotopic (exact) mass is 224 g/mol. The number of aliphatic hydroxyl groups is 1. The van der Waals surface area contributed by atoms with E-state index in [0.29, 0.717) is 28.2 Å². The van der Waals surface area contributed by atoms with Crippen molar-refractivity contribution in [3.05, 3.63) is 22.8 Å². The molecule has 0 amide bonds. The Morgan fingerprint density at radius 3 is 2.75 bits per heavy atom. The van der Waals surface area contributed by atoms with Crippen molar-refractivity contribution in [1.82, 2.24) is 0 Å². The summed E-state index contributed by atoms with van der Waals surface area (Å²) in [6, 6.07) is 1.65. The minimum Gasteiger partial charge on any atom is -0.493 e. The van der Waals surface area contributed by atoms with E-state index in [0.717, 1.165) is 0 Å². The maximum atomic E-state index is 11.5. The fourth-order valence-corrected chi connectivity index (χ4v) is 1.82. The van der Waals surface area contributed by atoms with Gasteiger partial charge < -0.3 is 19.3 Å². The van der Waals surface area contributed by atoms with Crippen LogP contribution < -0.4 is 9.47 Å². The van der Waals surface area contributed by atoms with Gasteiger partial charge in [-0.1, -0.05) is 0 Å². The number of aliphatic hydroxyl groups excluding tert-OH is 1. The molecule has 1 aliphatic rings. The molecule has 0 atom stereocenters. The molecule has 0 aliphatic carbocycles. The standard InChI is InChI=1S/C11H12O5/c1-14-8-3-6(4-12)7-5-16-11(13)9(7)10(8)15-2/h3,12H,4-5H2,1-2H3. The van der Waals surface area contributed by atoms with Crippen LogP contribution in [-0.2, 0) is 18.0 Å². The summed E-state index contributed by atoms with van der Waals surface area (Å²) in [7, 11) is 2.94. The molecule has 1 N–H and O–H groups in total. The lowest BCUT2D eigenvalue weighted by atomic mass is 10.0. The molecule has 5 nitrogen and oxygen atoms in total. The predicted molar refractivity (Wildman–Crippen MR) is 54.6 cm³/mol. The van der Waals surface area contributed by atoms with Gasteiger partial charge in [0, 0.05) is 5.56 Å². The lowest BCUT2D eigenvalue weighted by molar-refractivity contribution is 0.0531. The zero-order valence-corrected chi connectivity index (χ0v) is 9.07. The van der Waals surface area contributed by atoms with E-state index in [1.807, 2.05) is 0 Å². The molecular weight excluding hydrogens is 212 g/mol. The molecule has 86 valence electrons. The van der Waals surface area contributed by atoms with E-state index in [-0.39, 0.29) is 13.2 Å². The van der Waals surface area contributed by atoms with Gasteiger partial charge in [0.05, 0.1) is 20.8 Å². The van der Waals surface area contributed by atoms with Gasteiger partial charge in [0.2, 0.25) is 0 Å². The molecule has 1 aliphatic heterocycles. The Hall–Kier alpha value is -1.75. The zero-order valence-electron chi connectivity index (χ0n) is 9.07. The fourth-order valence-electron chi connectivity index (χ4n) is 1.82. The highest BCUT2D eigenvalue weighted by Gasteiger charge is 2.30. The lowest BCUT2D eigenvalue weighted by Gasteiger charge is -2.12. The van der Waals surface area contributed by atoms with Crippen LogP contribution in [0.3, 0.4) is 0 Å². The summed E-state index contributed by atoms with van der Waals surface area (Å²) in [6.07, 6.45) is 0. The van der Waals surface area contributed by atoms with Crippen molar-refractivity contribution >= 4 is 5.97 Å². The Balaban J connectivity index is 2.70. The average Bonchev–Trinajstić information content (AvgIpc) is 2.70. The van der Waals surface area contributed by atoms with Crippen LogP contribution in [0.2, 0.25) is 0 Å². The number of rotatable bonds is 3. The van der Waals surface area contributed by atoms with Crippen LogP contribution in [0.15, 0.2) is 6.07 Å². The van der Waals surface area contributed by atoms with E-state index in [1.54, 1.807) is 6.07 Å². The highest BCUT2D eigenvalue weighted by molar-refractivity contribution is 5.98. The Bertz CT molecular complexity index is 438. The van der Waals surface area contributed by atoms with Crippen LogP contribution in [-0.4, -0.2) is 25.3 Å². The van der Waals surface area contributed by atoms with E-state index in [9.17, 15) is 9.90 Å². The van der Waals surface area contributed by atoms with E-state index >= 15 is 0 Å². The topological polar surface area (TPSA) is 65.0 Å². The van der Waals surface area contributed by atoms with E-state index in [4.69, 9.17) is 14.2 Å². The van der Waals surface area contributed by atoms with Gasteiger partial charge in [-0.2, -0.15) is 0 Å². The van der Waals surface area contributed by atoms with Crippen molar-refractivity contribution in [2.75, 3.05) is 14.2 Å². The van der Waals surface area contributed by atoms with E-state index in [1.165, 1.54) is 14.2 Å². The molecule has 0 bridgehead atoms. The molecule has 1 aromatic carbocycles. The summed E-state index contributed by atoms with van der Waals surface area (Å²) >= 11 is 0. The second kappa shape index (κ2) is 4.02. The average molecular weight is 224 g/mol. The summed E-state index contributed by atoms with van der Waals surface area (Å²) in [5.41, 5.74) is 1.65. The van der Waals surface area contributed by atoms with Crippen molar-refractivity contribution in [3.8, 4) is 11.5 Å². The molecule has 0 radical (unpaired) electrons. The summed E-state index contributed by atoms with van der Waals surface area (Å²) < 4.78 is 15.2. The van der Waals surface area contributed by atoms with Crippen LogP contribution in [0.1, 0.15) is 21.5 Å². The summed E-state index contributed by atoms with van der Waals surface area (Å²) in [4.78, 5) is 11.5. The molecule has 16 heavy (non-hydrogen) atoms. The first kappa shape index (κ1) is 10.8. The zero-order chi connectivity index (χ0) is 11.7. The number of carbonyl (C=O) groups is 1. The number of methoxy groups -OCH3 is 2. The molecule has 1 aromatic rings. The summed E-state index contributed by atoms with van der Waals surface area (Å²) in [6.45, 7) is 0.00371. The molecule has 1 heterocycles. The van der Waals surface area contributed by atoms with Gasteiger partial charge in [0.25, 0.3) is 0 Å². The van der Waals surface area contributed by atoms with Crippen molar-refractivity contribution in [1.29, 1.82) is 0 Å². The molecular formula is C11H12O5. The second-order valence-electron chi connectivity index (χ2n) is 3.36. The summed E-state index contributed by atoms with van der Waals surface area (Å²) in [5, 5.41) is 9.21. The first-order valence-electron chi connectivity index (χ1n) is 4.77. The van der Waals surface area contributed by atoms with Crippen LogP contribution in [0.4, 0.5) is 0 Å². The van der Waals surface area contributed by atoms with Crippen LogP contribution in [0.25, 0.3) is 0 Å². The Kier molecular flexibility index (Phi) is 2.70. The van der Waals surface area contributed by atoms with Crippen molar-refractivity contribution in [2.24, 2.45) is 0 Å². The van der Waals surface area contributed by atoms with Gasteiger partial charge in [-0.25, -0.2) is 4.79 Å². The number of esters is 1. The van der Waals surface area contributed by atoms with Crippen LogP contribution in [0, 0.1) is 0 Å². The molecule has 0 unspecified atom stereocenters. The fraction of sp³-hybridized carbons (Fsp3) is 0.364. The SMILES string of the molecule is COc1cc(CO)c2c(c1OC)C(=O)OC2. The maximum absolute atomic E-state index is 11.5. The first-order valence-corrected chi connectivity index (χ1v) is 4.77. The third kappa shape index (κ3) is 1.40. The number of carbonyl (C=O) groups excluding carboxylic acids is 1. The molecule has 2 rings (SSSR count). The minimum atomic E-state index is -0.444. The quantitative estimate of drug-likeness (QED) is 0.771. The third-order valence-corrected chi connectivity index (χ3v) is 2.59. The first-order chi connectivity index (χ1) is 7.72. The normalized spacial score (nSPS) is 13.3. The van der Waals surface area contributed by atoms with Gasteiger partial charge in [-0.05, 0) is 11.6 Å². The smallest absolute Gasteiger partial charge is 0.342 e. The van der Waals surface area contributed by atoms with Gasteiger partial charge in [-0.15, -0.1) is 0 Å². The molecule has 0 spiro atoms. The minimum absolute atomic E-state index is 0.167. The molecule has 0 fully saturated rings. The molecule has 0 saturated carbocycles. The van der Waals surface area contributed by atoms with Crippen LogP contribution >= 0.6 is 0 Å². The number of cyclic esters (lactones) is 1. The number of hydrogen-bond acceptors (Lipinski definition) is 5. The van der Waals surface area contributed by atoms with Gasteiger partial charge in [0.15, 0.2) is 11.5 Å². The van der Waals surface area contributed by atoms with Gasteiger partial charge in [0.1, 0.15) is 12.2 Å². The van der Waals surface area contributed by atoms with Gasteiger partial charge >= 0.3 is 5.97 Å². The maximum Gasteiger partial charge on any atom is 0.342 e. The summed E-state index contributed by atoms with van der Waals surface area (Å²) in [5.74, 6) is 0.335. The van der Waals surface area contributed by atoms with Crippen molar-refractivity contribution < 1.29 is 24.1 Å². The largest absolute Gasteiger partial charge is 0.493 e. The van der Waals surface area contributed by atoms with E-state index in [2.05, 4.69) is 0 Å². The van der Waals surface area contributed by atoms with Gasteiger partial charge in [-0.3, -0.25) is 0 Å². The number of fused-ring (bicyclic) bond motifs is 1. The van der Waals surface area contributed by atoms with Crippen molar-refractivity contribution in [2.45, 2.75) is 13.2 Å². The number of ether oxygens (including phenoxy) is 3. The Morgan fingerprint density at radius 2 is 2.19 bits per heavy atom. The van der Waals surface area contributed by atoms with Crippen molar-refractivity contribution in [3.63, 3.8) is 0 Å². The van der Waals surface area contributed by atoms with E-state index < -0.39 is 5.97 Å². The Morgan fingerprint density at radius 1 is 1.44 bits per heavy atom. The molecule has 0 aromatic heterocycles. The number of hydrogen-bond donors (Lipinski definition) is 1. The third-order valence-electron chi connectivity index (χ3n) is 2.59. The molecule has 5 heteroatoms. The number of benzene rings is 1. The highest BCUT2D eigenvalue weighted by Crippen LogP contribution is 2.39.